The zero-order chi connectivity index (χ0) is 13.6. The summed E-state index contributed by atoms with van der Waals surface area (Å²) >= 11 is 0. The number of nitrogens with one attached hydrogen (secondary N) is 2. The molecular weight excluding hydrogens is 224 g/mol. The monoisotopic (exact) mass is 242 g/mol. The summed E-state index contributed by atoms with van der Waals surface area (Å²) in [6.07, 6.45) is 0. The zero-order valence-electron chi connectivity index (χ0n) is 11.0. The molecule has 0 aliphatic rings. The third-order valence-electron chi connectivity index (χ3n) is 2.37. The van der Waals surface area contributed by atoms with Crippen molar-refractivity contribution in [3.63, 3.8) is 0 Å². The minimum absolute atomic E-state index is 0.101. The molecular formula is C14H18N4. The van der Waals surface area contributed by atoms with Crippen LogP contribution in [0, 0.1) is 22.7 Å². The maximum Gasteiger partial charge on any atom is 0.101 e. The van der Waals surface area contributed by atoms with Gasteiger partial charge in [-0.2, -0.15) is 10.5 Å². The van der Waals surface area contributed by atoms with Gasteiger partial charge in [0.15, 0.2) is 0 Å². The van der Waals surface area contributed by atoms with Crippen molar-refractivity contribution in [2.24, 2.45) is 0 Å². The lowest BCUT2D eigenvalue weighted by molar-refractivity contribution is 0.435. The Kier molecular flexibility index (Phi) is 4.71. The first-order chi connectivity index (χ1) is 8.46. The van der Waals surface area contributed by atoms with Gasteiger partial charge in [-0.1, -0.05) is 0 Å². The fraction of sp³-hybridized carbons (Fsp3) is 0.429. The topological polar surface area (TPSA) is 71.6 Å². The molecule has 4 heteroatoms. The summed E-state index contributed by atoms with van der Waals surface area (Å²) in [6, 6.07) is 9.21. The summed E-state index contributed by atoms with van der Waals surface area (Å²) in [5, 5.41) is 24.3. The lowest BCUT2D eigenvalue weighted by Crippen LogP contribution is -2.38. The summed E-state index contributed by atoms with van der Waals surface area (Å²) in [5.41, 5.74) is 1.79. The fourth-order valence-electron chi connectivity index (χ4n) is 1.49. The van der Waals surface area contributed by atoms with Gasteiger partial charge in [-0.05, 0) is 39.0 Å². The molecule has 94 valence electrons. The molecule has 0 amide bonds. The Labute approximate surface area is 108 Å². The average molecular weight is 242 g/mol. The van der Waals surface area contributed by atoms with Crippen LogP contribution >= 0.6 is 0 Å². The third-order valence-corrected chi connectivity index (χ3v) is 2.37. The lowest BCUT2D eigenvalue weighted by Gasteiger charge is -2.20. The molecule has 4 nitrogen and oxygen atoms in total. The highest BCUT2D eigenvalue weighted by molar-refractivity contribution is 5.56. The van der Waals surface area contributed by atoms with Crippen LogP contribution in [0.5, 0.6) is 0 Å². The highest BCUT2D eigenvalue weighted by Gasteiger charge is 2.07. The van der Waals surface area contributed by atoms with Crippen LogP contribution in [0.2, 0.25) is 0 Å². The van der Waals surface area contributed by atoms with E-state index >= 15 is 0 Å². The van der Waals surface area contributed by atoms with Crippen molar-refractivity contribution in [1.29, 1.82) is 10.5 Å². The molecule has 1 aromatic carbocycles. The molecule has 0 radical (unpaired) electrons. The first-order valence-electron chi connectivity index (χ1n) is 5.89. The number of anilines is 1. The molecule has 0 unspecified atom stereocenters. The van der Waals surface area contributed by atoms with Gasteiger partial charge in [0.2, 0.25) is 0 Å². The van der Waals surface area contributed by atoms with Crippen molar-refractivity contribution in [1.82, 2.24) is 5.32 Å². The van der Waals surface area contributed by atoms with Crippen LogP contribution in [0.4, 0.5) is 5.69 Å². The van der Waals surface area contributed by atoms with Crippen LogP contribution in [-0.2, 0) is 0 Å². The predicted octanol–water partition coefficient (Wildman–Crippen LogP) is 2.23. The summed E-state index contributed by atoms with van der Waals surface area (Å²) < 4.78 is 0. The van der Waals surface area contributed by atoms with E-state index in [1.165, 1.54) is 0 Å². The highest BCUT2D eigenvalue weighted by Crippen LogP contribution is 2.14. The number of benzene rings is 1. The molecule has 1 rings (SSSR count). The first-order valence-corrected chi connectivity index (χ1v) is 5.89. The van der Waals surface area contributed by atoms with Gasteiger partial charge in [0.1, 0.15) is 12.1 Å². The molecule has 0 spiro atoms. The van der Waals surface area contributed by atoms with Crippen molar-refractivity contribution in [2.45, 2.75) is 26.3 Å². The SMILES string of the molecule is CC(C)(C)NCCNc1ccc(C#N)c(C#N)c1. The molecule has 0 saturated heterocycles. The number of nitriles is 2. The van der Waals surface area contributed by atoms with Crippen LogP contribution in [0.1, 0.15) is 31.9 Å². The minimum atomic E-state index is 0.101. The van der Waals surface area contributed by atoms with E-state index in [0.29, 0.717) is 11.1 Å². The quantitative estimate of drug-likeness (QED) is 0.794. The largest absolute Gasteiger partial charge is 0.384 e. The van der Waals surface area contributed by atoms with Crippen LogP contribution in [-0.4, -0.2) is 18.6 Å². The van der Waals surface area contributed by atoms with Crippen LogP contribution in [0.15, 0.2) is 18.2 Å². The molecule has 0 saturated carbocycles. The summed E-state index contributed by atoms with van der Waals surface area (Å²) in [5.74, 6) is 0. The van der Waals surface area contributed by atoms with Gasteiger partial charge in [0.25, 0.3) is 0 Å². The smallest absolute Gasteiger partial charge is 0.101 e. The Morgan fingerprint density at radius 3 is 2.28 bits per heavy atom. The van der Waals surface area contributed by atoms with Crippen LogP contribution in [0.25, 0.3) is 0 Å². The van der Waals surface area contributed by atoms with Gasteiger partial charge < -0.3 is 10.6 Å². The average Bonchev–Trinajstić information content (AvgIpc) is 2.33. The summed E-state index contributed by atoms with van der Waals surface area (Å²) in [6.45, 7) is 7.95. The maximum atomic E-state index is 8.91. The van der Waals surface area contributed by atoms with Crippen LogP contribution in [0.3, 0.4) is 0 Å². The second-order valence-corrected chi connectivity index (χ2v) is 5.09. The molecule has 1 aromatic rings. The maximum absolute atomic E-state index is 8.91. The Morgan fingerprint density at radius 2 is 1.72 bits per heavy atom. The molecule has 2 N–H and O–H groups in total. The zero-order valence-corrected chi connectivity index (χ0v) is 11.0. The van der Waals surface area contributed by atoms with Gasteiger partial charge in [-0.25, -0.2) is 0 Å². The number of nitrogens with zero attached hydrogens (tertiary/aromatic N) is 2. The number of hydrogen-bond donors (Lipinski definition) is 2. The lowest BCUT2D eigenvalue weighted by atomic mass is 10.1. The summed E-state index contributed by atoms with van der Waals surface area (Å²) in [4.78, 5) is 0. The van der Waals surface area contributed by atoms with Gasteiger partial charge in [-0.15, -0.1) is 0 Å². The van der Waals surface area contributed by atoms with Crippen LogP contribution < -0.4 is 10.6 Å². The Balaban J connectivity index is 2.55. The predicted molar refractivity (Wildman–Crippen MR) is 72.1 cm³/mol. The van der Waals surface area contributed by atoms with E-state index in [0.717, 1.165) is 18.8 Å². The third kappa shape index (κ3) is 4.45. The molecule has 0 heterocycles. The minimum Gasteiger partial charge on any atom is -0.384 e. The normalized spacial score (nSPS) is 10.5. The van der Waals surface area contributed by atoms with Gasteiger partial charge >= 0.3 is 0 Å². The molecule has 0 atom stereocenters. The van der Waals surface area contributed by atoms with Crippen molar-refractivity contribution in [3.05, 3.63) is 29.3 Å². The second kappa shape index (κ2) is 6.05. The fourth-order valence-corrected chi connectivity index (χ4v) is 1.49. The Hall–Kier alpha value is -2.04. The summed E-state index contributed by atoms with van der Waals surface area (Å²) in [7, 11) is 0. The van der Waals surface area contributed by atoms with Crippen molar-refractivity contribution in [2.75, 3.05) is 18.4 Å². The first kappa shape index (κ1) is 14.0. The van der Waals surface area contributed by atoms with Gasteiger partial charge in [-0.3, -0.25) is 0 Å². The van der Waals surface area contributed by atoms with Gasteiger partial charge in [0.05, 0.1) is 11.1 Å². The van der Waals surface area contributed by atoms with Crippen molar-refractivity contribution < 1.29 is 0 Å². The number of rotatable bonds is 4. The molecule has 18 heavy (non-hydrogen) atoms. The van der Waals surface area contributed by atoms with Gasteiger partial charge in [0, 0.05) is 24.3 Å². The number of hydrogen-bond acceptors (Lipinski definition) is 4. The Morgan fingerprint density at radius 1 is 1.06 bits per heavy atom. The molecule has 0 aliphatic heterocycles. The van der Waals surface area contributed by atoms with E-state index in [1.54, 1.807) is 12.1 Å². The van der Waals surface area contributed by atoms with E-state index in [9.17, 15) is 0 Å². The standard InChI is InChI=1S/C14H18N4/c1-14(2,3)18-7-6-17-13-5-4-11(9-15)12(8-13)10-16/h4-5,8,17-18H,6-7H2,1-3H3. The molecule has 0 fully saturated rings. The molecule has 0 aromatic heterocycles. The van der Waals surface area contributed by atoms with E-state index in [-0.39, 0.29) is 5.54 Å². The van der Waals surface area contributed by atoms with E-state index in [1.807, 2.05) is 18.2 Å². The van der Waals surface area contributed by atoms with Crippen molar-refractivity contribution >= 4 is 5.69 Å². The van der Waals surface area contributed by atoms with E-state index in [4.69, 9.17) is 10.5 Å². The Bertz CT molecular complexity index is 486. The van der Waals surface area contributed by atoms with E-state index in [2.05, 4.69) is 31.4 Å². The highest BCUT2D eigenvalue weighted by atomic mass is 15.0. The molecule has 0 aliphatic carbocycles. The van der Waals surface area contributed by atoms with E-state index < -0.39 is 0 Å². The second-order valence-electron chi connectivity index (χ2n) is 5.09. The van der Waals surface area contributed by atoms with Crippen molar-refractivity contribution in [3.8, 4) is 12.1 Å². The molecule has 0 bridgehead atoms.